The Kier molecular flexibility index (Phi) is 3.15. The van der Waals surface area contributed by atoms with Gasteiger partial charge >= 0.3 is 5.69 Å². The maximum absolute atomic E-state index is 11.4. The predicted octanol–water partition coefficient (Wildman–Crippen LogP) is 5.35. The fraction of sp³-hybridized carbons (Fsp3) is 0.0909. The van der Waals surface area contributed by atoms with Crippen molar-refractivity contribution in [2.75, 3.05) is 0 Å². The number of nitro benzene ring substituents is 1. The maximum Gasteiger partial charge on any atom is 0.311 e. The zero-order valence-electron chi connectivity index (χ0n) is 14.5. The van der Waals surface area contributed by atoms with Gasteiger partial charge in [0.25, 0.3) is 5.79 Å². The van der Waals surface area contributed by atoms with Crippen molar-refractivity contribution in [1.29, 1.82) is 0 Å². The van der Waals surface area contributed by atoms with Crippen molar-refractivity contribution < 1.29 is 14.4 Å². The van der Waals surface area contributed by atoms with Crippen LogP contribution >= 0.6 is 0 Å². The van der Waals surface area contributed by atoms with Crippen LogP contribution in [0.25, 0.3) is 22.9 Å². The van der Waals surface area contributed by atoms with E-state index in [1.807, 2.05) is 49.4 Å². The summed E-state index contributed by atoms with van der Waals surface area (Å²) in [4.78, 5) is 11.0. The molecule has 3 aromatic carbocycles. The molecule has 0 aromatic heterocycles. The van der Waals surface area contributed by atoms with Gasteiger partial charge in [-0.15, -0.1) is 0 Å². The Morgan fingerprint density at radius 3 is 2.70 bits per heavy atom. The molecule has 0 amide bonds. The highest BCUT2D eigenvalue weighted by Crippen LogP contribution is 2.46. The molecule has 132 valence electrons. The molecular formula is C22H15NO4. The van der Waals surface area contributed by atoms with Gasteiger partial charge in [-0.3, -0.25) is 10.1 Å². The molecule has 0 aliphatic carbocycles. The van der Waals surface area contributed by atoms with Gasteiger partial charge in [-0.2, -0.15) is 0 Å². The summed E-state index contributed by atoms with van der Waals surface area (Å²) in [6.07, 6.45) is 5.66. The van der Waals surface area contributed by atoms with Crippen molar-refractivity contribution >= 4 is 28.6 Å². The van der Waals surface area contributed by atoms with Gasteiger partial charge in [0.2, 0.25) is 5.75 Å². The van der Waals surface area contributed by atoms with Gasteiger partial charge < -0.3 is 9.47 Å². The van der Waals surface area contributed by atoms with Crippen LogP contribution in [-0.4, -0.2) is 10.7 Å². The lowest BCUT2D eigenvalue weighted by Gasteiger charge is -2.38. The number of hydrogen-bond donors (Lipinski definition) is 0. The molecule has 5 nitrogen and oxygen atoms in total. The van der Waals surface area contributed by atoms with E-state index in [0.29, 0.717) is 11.3 Å². The van der Waals surface area contributed by atoms with Crippen molar-refractivity contribution in [3.05, 3.63) is 87.5 Å². The van der Waals surface area contributed by atoms with E-state index in [0.717, 1.165) is 21.9 Å². The first kappa shape index (κ1) is 15.6. The van der Waals surface area contributed by atoms with Crippen molar-refractivity contribution in [2.45, 2.75) is 12.7 Å². The quantitative estimate of drug-likeness (QED) is 0.435. The molecule has 2 heterocycles. The average molecular weight is 357 g/mol. The largest absolute Gasteiger partial charge is 0.444 e. The number of nitrogens with zero attached hydrogens (tertiary/aromatic N) is 1. The Morgan fingerprint density at radius 1 is 1.00 bits per heavy atom. The summed E-state index contributed by atoms with van der Waals surface area (Å²) in [6.45, 7) is 1.91. The van der Waals surface area contributed by atoms with Gasteiger partial charge in [-0.05, 0) is 35.9 Å². The minimum absolute atomic E-state index is 0.0723. The van der Waals surface area contributed by atoms with E-state index in [4.69, 9.17) is 9.47 Å². The van der Waals surface area contributed by atoms with Crippen LogP contribution in [0, 0.1) is 10.1 Å². The van der Waals surface area contributed by atoms with Gasteiger partial charge in [0.15, 0.2) is 0 Å². The number of rotatable bonds is 1. The van der Waals surface area contributed by atoms with E-state index in [2.05, 4.69) is 12.1 Å². The molecule has 0 radical (unpaired) electrons. The van der Waals surface area contributed by atoms with E-state index in [1.54, 1.807) is 12.1 Å². The number of para-hydroxylation sites is 1. The average Bonchev–Trinajstić information content (AvgIpc) is 2.68. The molecular weight excluding hydrogens is 342 g/mol. The molecule has 0 bridgehead atoms. The minimum atomic E-state index is -1.19. The number of ether oxygens (including phenoxy) is 2. The SMILES string of the molecule is CC1=Cc2c(ccc3ccccc23)O[C@@]12C=Cc1cccc([N+](=O)[O-])c1O2. The fourth-order valence-corrected chi connectivity index (χ4v) is 3.65. The fourth-order valence-electron chi connectivity index (χ4n) is 3.65. The van der Waals surface area contributed by atoms with Crippen molar-refractivity contribution in [3.8, 4) is 11.5 Å². The molecule has 2 aliphatic heterocycles. The molecule has 0 saturated heterocycles. The van der Waals surface area contributed by atoms with Crippen LogP contribution in [0.1, 0.15) is 18.1 Å². The molecule has 0 fully saturated rings. The van der Waals surface area contributed by atoms with Gasteiger partial charge in [-0.25, -0.2) is 0 Å². The topological polar surface area (TPSA) is 61.6 Å². The molecule has 0 N–H and O–H groups in total. The van der Waals surface area contributed by atoms with E-state index in [-0.39, 0.29) is 11.4 Å². The first-order chi connectivity index (χ1) is 13.1. The summed E-state index contributed by atoms with van der Waals surface area (Å²) in [5, 5.41) is 13.6. The Balaban J connectivity index is 1.66. The van der Waals surface area contributed by atoms with Crippen LogP contribution in [0.15, 0.2) is 66.2 Å². The lowest BCUT2D eigenvalue weighted by atomic mass is 9.93. The van der Waals surface area contributed by atoms with Crippen molar-refractivity contribution in [3.63, 3.8) is 0 Å². The molecule has 3 aromatic rings. The highest BCUT2D eigenvalue weighted by Gasteiger charge is 2.42. The predicted molar refractivity (Wildman–Crippen MR) is 104 cm³/mol. The van der Waals surface area contributed by atoms with Gasteiger partial charge in [-0.1, -0.05) is 42.5 Å². The van der Waals surface area contributed by atoms with E-state index in [9.17, 15) is 10.1 Å². The minimum Gasteiger partial charge on any atom is -0.444 e. The number of hydrogen-bond acceptors (Lipinski definition) is 4. The van der Waals surface area contributed by atoms with Crippen LogP contribution in [-0.2, 0) is 0 Å². The van der Waals surface area contributed by atoms with Crippen LogP contribution in [0.2, 0.25) is 0 Å². The molecule has 0 saturated carbocycles. The summed E-state index contributed by atoms with van der Waals surface area (Å²) in [7, 11) is 0. The molecule has 0 unspecified atom stereocenters. The molecule has 5 rings (SSSR count). The second-order valence-electron chi connectivity index (χ2n) is 6.68. The first-order valence-electron chi connectivity index (χ1n) is 8.63. The number of nitro groups is 1. The number of benzene rings is 3. The molecule has 1 spiro atoms. The smallest absolute Gasteiger partial charge is 0.311 e. The Labute approximate surface area is 155 Å². The van der Waals surface area contributed by atoms with Gasteiger partial charge in [0.05, 0.1) is 4.92 Å². The van der Waals surface area contributed by atoms with Gasteiger partial charge in [0.1, 0.15) is 5.75 Å². The molecule has 1 atom stereocenters. The third-order valence-corrected chi connectivity index (χ3v) is 5.06. The van der Waals surface area contributed by atoms with Crippen molar-refractivity contribution in [1.82, 2.24) is 0 Å². The number of fused-ring (bicyclic) bond motifs is 4. The second-order valence-corrected chi connectivity index (χ2v) is 6.68. The lowest BCUT2D eigenvalue weighted by Crippen LogP contribution is -2.44. The van der Waals surface area contributed by atoms with Crippen LogP contribution in [0.5, 0.6) is 11.5 Å². The monoisotopic (exact) mass is 357 g/mol. The summed E-state index contributed by atoms with van der Waals surface area (Å²) in [6, 6.07) is 16.9. The Morgan fingerprint density at radius 2 is 1.85 bits per heavy atom. The lowest BCUT2D eigenvalue weighted by molar-refractivity contribution is -0.386. The van der Waals surface area contributed by atoms with Crippen LogP contribution < -0.4 is 9.47 Å². The zero-order valence-corrected chi connectivity index (χ0v) is 14.5. The Hall–Kier alpha value is -3.60. The summed E-state index contributed by atoms with van der Waals surface area (Å²) < 4.78 is 12.4. The first-order valence-corrected chi connectivity index (χ1v) is 8.63. The third kappa shape index (κ3) is 2.25. The highest BCUT2D eigenvalue weighted by atomic mass is 16.7. The second kappa shape index (κ2) is 5.45. The van der Waals surface area contributed by atoms with Gasteiger partial charge in [0, 0.05) is 28.8 Å². The van der Waals surface area contributed by atoms with Crippen LogP contribution in [0.3, 0.4) is 0 Å². The maximum atomic E-state index is 11.4. The van der Waals surface area contributed by atoms with E-state index >= 15 is 0 Å². The third-order valence-electron chi connectivity index (χ3n) is 5.06. The normalized spacial score (nSPS) is 19.7. The molecule has 2 aliphatic rings. The van der Waals surface area contributed by atoms with E-state index in [1.165, 1.54) is 6.07 Å². The molecule has 5 heteroatoms. The zero-order chi connectivity index (χ0) is 18.6. The Bertz CT molecular complexity index is 1180. The summed E-state index contributed by atoms with van der Waals surface area (Å²) in [5.41, 5.74) is 2.40. The van der Waals surface area contributed by atoms with E-state index < -0.39 is 10.7 Å². The van der Waals surface area contributed by atoms with Crippen molar-refractivity contribution in [2.24, 2.45) is 0 Å². The summed E-state index contributed by atoms with van der Waals surface area (Å²) in [5.74, 6) is -0.276. The highest BCUT2D eigenvalue weighted by molar-refractivity contribution is 5.94. The standard InChI is InChI=1S/C22H15NO4/c1-14-13-18-17-7-3-2-5-15(17)9-10-20(18)26-22(14)12-11-16-6-4-8-19(23(24)25)21(16)27-22/h2-13H,1H3/t22-/m1/s1. The van der Waals surface area contributed by atoms with Crippen LogP contribution in [0.4, 0.5) is 5.69 Å². The molecule has 27 heavy (non-hydrogen) atoms. The summed E-state index contributed by atoms with van der Waals surface area (Å²) >= 11 is 0.